The molecule has 0 unspecified atom stereocenters. The minimum Gasteiger partial charge on any atom is -0.0683 e. The average molecular weight is 533 g/mol. The highest BCUT2D eigenvalue weighted by molar-refractivity contribution is 5.47. The van der Waals surface area contributed by atoms with Crippen molar-refractivity contribution in [1.29, 1.82) is 0 Å². The number of aryl methyl sites for hydroxylation is 1. The minimum absolute atomic E-state index is 0.0174. The first-order chi connectivity index (χ1) is 18.7. The van der Waals surface area contributed by atoms with Gasteiger partial charge in [0.25, 0.3) is 0 Å². The van der Waals surface area contributed by atoms with Crippen molar-refractivity contribution in [2.45, 2.75) is 139 Å². The Labute approximate surface area is 245 Å². The summed E-state index contributed by atoms with van der Waals surface area (Å²) in [7, 11) is 0. The molecule has 0 heteroatoms. The summed E-state index contributed by atoms with van der Waals surface area (Å²) in [5.74, 6) is 0. The second-order valence-corrected chi connectivity index (χ2v) is 10.7. The molecular formula is C39H64. The van der Waals surface area contributed by atoms with Crippen molar-refractivity contribution in [2.75, 3.05) is 0 Å². The van der Waals surface area contributed by atoms with Gasteiger partial charge in [-0.3, -0.25) is 0 Å². The van der Waals surface area contributed by atoms with Gasteiger partial charge in [-0.25, -0.2) is 0 Å². The van der Waals surface area contributed by atoms with Gasteiger partial charge in [0.1, 0.15) is 0 Å². The highest BCUT2D eigenvalue weighted by Gasteiger charge is 2.28. The van der Waals surface area contributed by atoms with Crippen LogP contribution in [0.2, 0.25) is 0 Å². The fraction of sp³-hybridized carbons (Fsp3) is 0.538. The Hall–Kier alpha value is -2.34. The fourth-order valence-corrected chi connectivity index (χ4v) is 4.42. The van der Waals surface area contributed by atoms with Crippen LogP contribution in [-0.4, -0.2) is 0 Å². The Balaban J connectivity index is 0. The lowest BCUT2D eigenvalue weighted by Gasteiger charge is -2.32. The van der Waals surface area contributed by atoms with Crippen molar-refractivity contribution in [3.8, 4) is 0 Å². The highest BCUT2D eigenvalue weighted by atomic mass is 14.3. The Morgan fingerprint density at radius 2 is 0.821 bits per heavy atom. The number of benzene rings is 3. The van der Waals surface area contributed by atoms with Crippen LogP contribution in [0.25, 0.3) is 0 Å². The zero-order chi connectivity index (χ0) is 30.3. The zero-order valence-electron chi connectivity index (χ0n) is 28.2. The molecule has 0 bridgehead atoms. The van der Waals surface area contributed by atoms with Crippen LogP contribution in [0.5, 0.6) is 0 Å². The van der Waals surface area contributed by atoms with Gasteiger partial charge in [-0.05, 0) is 34.7 Å². The van der Waals surface area contributed by atoms with E-state index in [-0.39, 0.29) is 10.8 Å². The maximum atomic E-state index is 2.41. The lowest BCUT2D eigenvalue weighted by atomic mass is 9.72. The van der Waals surface area contributed by atoms with E-state index in [2.05, 4.69) is 141 Å². The van der Waals surface area contributed by atoms with Crippen molar-refractivity contribution >= 4 is 0 Å². The van der Waals surface area contributed by atoms with Crippen LogP contribution >= 0.6 is 0 Å². The van der Waals surface area contributed by atoms with Gasteiger partial charge in [0.2, 0.25) is 0 Å². The Bertz CT molecular complexity index is 922. The molecule has 0 aliphatic heterocycles. The smallest absolute Gasteiger partial charge is 0.0149 e. The molecule has 3 rings (SSSR count). The average Bonchev–Trinajstić information content (AvgIpc) is 2.98. The maximum absolute atomic E-state index is 2.41. The summed E-state index contributed by atoms with van der Waals surface area (Å²) in [4.78, 5) is 0. The lowest BCUT2D eigenvalue weighted by molar-refractivity contribution is 0.614. The summed E-state index contributed by atoms with van der Waals surface area (Å²) in [6.07, 6.45) is 8.15. The third kappa shape index (κ3) is 13.5. The van der Waals surface area contributed by atoms with Gasteiger partial charge in [-0.1, -0.05) is 200 Å². The number of hydrogen-bond acceptors (Lipinski definition) is 0. The molecule has 220 valence electrons. The summed E-state index contributed by atoms with van der Waals surface area (Å²) < 4.78 is 0. The summed E-state index contributed by atoms with van der Waals surface area (Å²) in [5, 5.41) is 0. The molecule has 0 amide bonds. The molecule has 0 saturated heterocycles. The van der Waals surface area contributed by atoms with Crippen molar-refractivity contribution in [1.82, 2.24) is 0 Å². The zero-order valence-corrected chi connectivity index (χ0v) is 28.2. The second kappa shape index (κ2) is 22.5. The third-order valence-corrected chi connectivity index (χ3v) is 7.04. The molecule has 0 spiro atoms. The molecule has 0 fully saturated rings. The first kappa shape index (κ1) is 38.8. The first-order valence-electron chi connectivity index (χ1n) is 15.9. The van der Waals surface area contributed by atoms with Gasteiger partial charge in [0.05, 0.1) is 0 Å². The molecule has 0 atom stereocenters. The van der Waals surface area contributed by atoms with Crippen molar-refractivity contribution < 1.29 is 0 Å². The lowest BCUT2D eigenvalue weighted by Crippen LogP contribution is -2.24. The molecule has 39 heavy (non-hydrogen) atoms. The van der Waals surface area contributed by atoms with E-state index in [0.717, 1.165) is 0 Å². The maximum Gasteiger partial charge on any atom is 0.0149 e. The molecule has 3 aromatic carbocycles. The van der Waals surface area contributed by atoms with Gasteiger partial charge in [0.15, 0.2) is 0 Å². The minimum atomic E-state index is -0.0197. The van der Waals surface area contributed by atoms with Gasteiger partial charge in [0, 0.05) is 10.8 Å². The topological polar surface area (TPSA) is 0 Å². The Kier molecular flexibility index (Phi) is 22.4. The standard InChI is InChI=1S/C25H28.2C5H12.2C2H6/c1-19-16-17-22(24(2,3)20-12-8-6-9-13-20)18-23(19)25(4,5)21-14-10-7-11-15-21;2*1-3-5-4-2;2*1-2/h6-18H,1-5H3;2*3-5H2,1-2H3;2*1-2H3. The quantitative estimate of drug-likeness (QED) is 0.270. The predicted molar refractivity (Wildman–Crippen MR) is 181 cm³/mol. The van der Waals surface area contributed by atoms with Crippen molar-refractivity contribution in [2.24, 2.45) is 0 Å². The molecule has 0 saturated carbocycles. The molecule has 3 aromatic rings. The molecule has 0 aromatic heterocycles. The van der Waals surface area contributed by atoms with Crippen molar-refractivity contribution in [3.63, 3.8) is 0 Å². The summed E-state index contributed by atoms with van der Waals surface area (Å²) in [6, 6.07) is 28.6. The van der Waals surface area contributed by atoms with Crippen LogP contribution in [0.4, 0.5) is 0 Å². The largest absolute Gasteiger partial charge is 0.0683 e. The first-order valence-corrected chi connectivity index (χ1v) is 15.9. The van der Waals surface area contributed by atoms with Gasteiger partial charge < -0.3 is 0 Å². The monoisotopic (exact) mass is 533 g/mol. The van der Waals surface area contributed by atoms with Gasteiger partial charge in [-0.2, -0.15) is 0 Å². The number of unbranched alkanes of at least 4 members (excludes halogenated alkanes) is 4. The van der Waals surface area contributed by atoms with Gasteiger partial charge in [-0.15, -0.1) is 0 Å². The Morgan fingerprint density at radius 3 is 1.15 bits per heavy atom. The summed E-state index contributed by atoms with van der Waals surface area (Å²) in [5.41, 5.74) is 6.78. The van der Waals surface area contributed by atoms with Crippen LogP contribution in [0.1, 0.15) is 149 Å². The summed E-state index contributed by atoms with van der Waals surface area (Å²) in [6.45, 7) is 28.3. The van der Waals surface area contributed by atoms with E-state index in [9.17, 15) is 0 Å². The predicted octanol–water partition coefficient (Wildman–Crippen LogP) is 13.1. The highest BCUT2D eigenvalue weighted by Crippen LogP contribution is 2.38. The van der Waals surface area contributed by atoms with Crippen LogP contribution < -0.4 is 0 Å². The van der Waals surface area contributed by atoms with E-state index < -0.39 is 0 Å². The van der Waals surface area contributed by atoms with E-state index in [1.165, 1.54) is 66.3 Å². The molecule has 0 aliphatic carbocycles. The van der Waals surface area contributed by atoms with Crippen LogP contribution in [0, 0.1) is 6.92 Å². The number of hydrogen-bond donors (Lipinski definition) is 0. The van der Waals surface area contributed by atoms with Crippen molar-refractivity contribution in [3.05, 3.63) is 107 Å². The summed E-state index contributed by atoms with van der Waals surface area (Å²) >= 11 is 0. The molecule has 0 nitrogen and oxygen atoms in total. The Morgan fingerprint density at radius 1 is 0.462 bits per heavy atom. The van der Waals surface area contributed by atoms with E-state index in [0.29, 0.717) is 0 Å². The SMILES string of the molecule is CC.CC.CCCCC.CCCCC.Cc1ccc(C(C)(C)c2ccccc2)cc1C(C)(C)c1ccccc1. The van der Waals surface area contributed by atoms with Gasteiger partial charge >= 0.3 is 0 Å². The van der Waals surface area contributed by atoms with Crippen LogP contribution in [0.15, 0.2) is 78.9 Å². The third-order valence-electron chi connectivity index (χ3n) is 7.04. The molecule has 0 radical (unpaired) electrons. The van der Waals surface area contributed by atoms with E-state index >= 15 is 0 Å². The second-order valence-electron chi connectivity index (χ2n) is 10.7. The molecule has 0 heterocycles. The van der Waals surface area contributed by atoms with Crippen LogP contribution in [-0.2, 0) is 10.8 Å². The fourth-order valence-electron chi connectivity index (χ4n) is 4.42. The van der Waals surface area contributed by atoms with E-state index in [4.69, 9.17) is 0 Å². The van der Waals surface area contributed by atoms with E-state index in [1.807, 2.05) is 27.7 Å². The normalized spacial score (nSPS) is 10.3. The molecule has 0 aliphatic rings. The number of rotatable bonds is 8. The van der Waals surface area contributed by atoms with E-state index in [1.54, 1.807) is 0 Å². The molecule has 0 N–H and O–H groups in total. The van der Waals surface area contributed by atoms with Crippen LogP contribution in [0.3, 0.4) is 0 Å². The molecular weight excluding hydrogens is 468 g/mol.